The zero-order valence-electron chi connectivity index (χ0n) is 7.43. The molecule has 1 aliphatic heterocycles. The van der Waals surface area contributed by atoms with Gasteiger partial charge in [-0.15, -0.1) is 0 Å². The molecular weight excluding hydrogens is 152 g/mol. The molecule has 0 saturated carbocycles. The fraction of sp³-hybridized carbons (Fsp3) is 0.400. The number of ether oxygens (including phenoxy) is 2. The minimum Gasteiger partial charge on any atom is -0.490 e. The largest absolute Gasteiger partial charge is 0.490 e. The standard InChI is InChI=1S/C10H14O2/c1-8(2)7-10-9(3)11-5-4-6-12-10/h7H,1,3-6H2,2H3/b10-7+. The van der Waals surface area contributed by atoms with Crippen molar-refractivity contribution in [1.29, 1.82) is 0 Å². The predicted molar refractivity (Wildman–Crippen MR) is 48.6 cm³/mol. The van der Waals surface area contributed by atoms with Crippen molar-refractivity contribution in [3.63, 3.8) is 0 Å². The van der Waals surface area contributed by atoms with Crippen LogP contribution in [0.4, 0.5) is 0 Å². The molecule has 12 heavy (non-hydrogen) atoms. The van der Waals surface area contributed by atoms with E-state index in [2.05, 4.69) is 13.2 Å². The maximum absolute atomic E-state index is 5.40. The van der Waals surface area contributed by atoms with Crippen molar-refractivity contribution in [3.05, 3.63) is 36.3 Å². The summed E-state index contributed by atoms with van der Waals surface area (Å²) in [5.41, 5.74) is 0.941. The molecule has 0 aromatic rings. The first-order chi connectivity index (χ1) is 5.70. The molecule has 0 N–H and O–H groups in total. The van der Waals surface area contributed by atoms with Crippen molar-refractivity contribution >= 4 is 0 Å². The monoisotopic (exact) mass is 166 g/mol. The van der Waals surface area contributed by atoms with Crippen molar-refractivity contribution in [2.45, 2.75) is 13.3 Å². The first kappa shape index (κ1) is 8.91. The van der Waals surface area contributed by atoms with E-state index in [1.54, 1.807) is 0 Å². The maximum Gasteiger partial charge on any atom is 0.160 e. The Kier molecular flexibility index (Phi) is 2.97. The van der Waals surface area contributed by atoms with Crippen LogP contribution in [-0.4, -0.2) is 13.2 Å². The molecule has 1 fully saturated rings. The Morgan fingerprint density at radius 2 is 2.08 bits per heavy atom. The zero-order valence-corrected chi connectivity index (χ0v) is 7.43. The Morgan fingerprint density at radius 1 is 1.42 bits per heavy atom. The second-order valence-electron chi connectivity index (χ2n) is 2.83. The normalized spacial score (nSPS) is 21.1. The van der Waals surface area contributed by atoms with Gasteiger partial charge >= 0.3 is 0 Å². The minimum atomic E-state index is 0.607. The fourth-order valence-electron chi connectivity index (χ4n) is 0.934. The molecular formula is C10H14O2. The highest BCUT2D eigenvalue weighted by molar-refractivity contribution is 5.26. The smallest absolute Gasteiger partial charge is 0.160 e. The molecule has 0 aromatic carbocycles. The van der Waals surface area contributed by atoms with E-state index in [1.165, 1.54) is 0 Å². The van der Waals surface area contributed by atoms with Gasteiger partial charge in [-0.3, -0.25) is 0 Å². The summed E-state index contributed by atoms with van der Waals surface area (Å²) in [6.45, 7) is 10.8. The van der Waals surface area contributed by atoms with E-state index in [0.29, 0.717) is 24.7 Å². The van der Waals surface area contributed by atoms with Crippen molar-refractivity contribution in [3.8, 4) is 0 Å². The summed E-state index contributed by atoms with van der Waals surface area (Å²) >= 11 is 0. The van der Waals surface area contributed by atoms with Gasteiger partial charge in [0.15, 0.2) is 11.5 Å². The first-order valence-electron chi connectivity index (χ1n) is 4.02. The Morgan fingerprint density at radius 3 is 2.75 bits per heavy atom. The molecule has 0 aliphatic carbocycles. The Hall–Kier alpha value is -1.18. The van der Waals surface area contributed by atoms with Crippen LogP contribution in [0.1, 0.15) is 13.3 Å². The molecule has 0 unspecified atom stereocenters. The number of hydrogen-bond acceptors (Lipinski definition) is 2. The summed E-state index contributed by atoms with van der Waals surface area (Å²) in [4.78, 5) is 0. The van der Waals surface area contributed by atoms with Crippen LogP contribution in [0, 0.1) is 0 Å². The second kappa shape index (κ2) is 4.00. The van der Waals surface area contributed by atoms with Crippen molar-refractivity contribution < 1.29 is 9.47 Å². The molecule has 66 valence electrons. The minimum absolute atomic E-state index is 0.607. The molecule has 1 heterocycles. The van der Waals surface area contributed by atoms with Crippen LogP contribution >= 0.6 is 0 Å². The van der Waals surface area contributed by atoms with Crippen LogP contribution in [-0.2, 0) is 9.47 Å². The Labute approximate surface area is 73.2 Å². The maximum atomic E-state index is 5.40. The van der Waals surface area contributed by atoms with Crippen LogP contribution in [0.25, 0.3) is 0 Å². The summed E-state index contributed by atoms with van der Waals surface area (Å²) < 4.78 is 10.7. The predicted octanol–water partition coefficient (Wildman–Crippen LogP) is 2.40. The van der Waals surface area contributed by atoms with E-state index in [4.69, 9.17) is 9.47 Å². The van der Waals surface area contributed by atoms with Gasteiger partial charge in [-0.1, -0.05) is 18.7 Å². The lowest BCUT2D eigenvalue weighted by molar-refractivity contribution is 0.221. The summed E-state index contributed by atoms with van der Waals surface area (Å²) in [5, 5.41) is 0. The highest BCUT2D eigenvalue weighted by Gasteiger charge is 2.09. The molecule has 0 radical (unpaired) electrons. The van der Waals surface area contributed by atoms with E-state index < -0.39 is 0 Å². The van der Waals surface area contributed by atoms with E-state index in [0.717, 1.165) is 12.0 Å². The third-order valence-electron chi connectivity index (χ3n) is 1.47. The van der Waals surface area contributed by atoms with Gasteiger partial charge in [-0.2, -0.15) is 0 Å². The van der Waals surface area contributed by atoms with Gasteiger partial charge in [0.1, 0.15) is 0 Å². The topological polar surface area (TPSA) is 18.5 Å². The van der Waals surface area contributed by atoms with Gasteiger partial charge in [0.2, 0.25) is 0 Å². The molecule has 0 atom stereocenters. The molecule has 0 spiro atoms. The lowest BCUT2D eigenvalue weighted by atomic mass is 10.3. The highest BCUT2D eigenvalue weighted by Crippen LogP contribution is 2.17. The van der Waals surface area contributed by atoms with E-state index in [9.17, 15) is 0 Å². The molecule has 1 saturated heterocycles. The van der Waals surface area contributed by atoms with Crippen LogP contribution in [0.2, 0.25) is 0 Å². The van der Waals surface area contributed by atoms with Crippen LogP contribution in [0.15, 0.2) is 36.3 Å². The molecule has 1 aliphatic rings. The van der Waals surface area contributed by atoms with Gasteiger partial charge in [0.05, 0.1) is 13.2 Å². The van der Waals surface area contributed by atoms with E-state index in [1.807, 2.05) is 13.0 Å². The number of allylic oxidation sites excluding steroid dienone is 2. The Bertz CT molecular complexity index is 226. The average molecular weight is 166 g/mol. The van der Waals surface area contributed by atoms with Gasteiger partial charge in [-0.05, 0) is 13.0 Å². The molecule has 1 rings (SSSR count). The van der Waals surface area contributed by atoms with Gasteiger partial charge < -0.3 is 9.47 Å². The van der Waals surface area contributed by atoms with Crippen molar-refractivity contribution in [1.82, 2.24) is 0 Å². The van der Waals surface area contributed by atoms with Gasteiger partial charge in [0.25, 0.3) is 0 Å². The molecule has 0 aromatic heterocycles. The third-order valence-corrected chi connectivity index (χ3v) is 1.47. The number of hydrogen-bond donors (Lipinski definition) is 0. The highest BCUT2D eigenvalue weighted by atomic mass is 16.5. The number of rotatable bonds is 1. The summed E-state index contributed by atoms with van der Waals surface area (Å²) in [6.07, 6.45) is 2.75. The van der Waals surface area contributed by atoms with E-state index >= 15 is 0 Å². The van der Waals surface area contributed by atoms with Crippen LogP contribution in [0.3, 0.4) is 0 Å². The molecule has 2 nitrogen and oxygen atoms in total. The molecule has 0 bridgehead atoms. The third kappa shape index (κ3) is 2.46. The van der Waals surface area contributed by atoms with Crippen LogP contribution < -0.4 is 0 Å². The zero-order chi connectivity index (χ0) is 8.97. The molecule has 2 heteroatoms. The second-order valence-corrected chi connectivity index (χ2v) is 2.83. The van der Waals surface area contributed by atoms with Crippen molar-refractivity contribution in [2.24, 2.45) is 0 Å². The van der Waals surface area contributed by atoms with Crippen molar-refractivity contribution in [2.75, 3.05) is 13.2 Å². The quantitative estimate of drug-likeness (QED) is 0.595. The van der Waals surface area contributed by atoms with Gasteiger partial charge in [-0.25, -0.2) is 0 Å². The van der Waals surface area contributed by atoms with Crippen LogP contribution in [0.5, 0.6) is 0 Å². The summed E-state index contributed by atoms with van der Waals surface area (Å²) in [7, 11) is 0. The average Bonchev–Trinajstić information content (AvgIpc) is 2.16. The van der Waals surface area contributed by atoms with Gasteiger partial charge in [0, 0.05) is 6.42 Å². The fourth-order valence-corrected chi connectivity index (χ4v) is 0.934. The lowest BCUT2D eigenvalue weighted by Gasteiger charge is -2.07. The SMILES string of the molecule is C=C(C)/C=C1/OCCCOC1=C. The first-order valence-corrected chi connectivity index (χ1v) is 4.02. The summed E-state index contributed by atoms with van der Waals surface area (Å²) in [6, 6.07) is 0. The lowest BCUT2D eigenvalue weighted by Crippen LogP contribution is -1.93. The molecule has 0 amide bonds. The van der Waals surface area contributed by atoms with E-state index in [-0.39, 0.29) is 0 Å². The summed E-state index contributed by atoms with van der Waals surface area (Å²) in [5.74, 6) is 1.32. The Balaban J connectivity index is 2.71.